The van der Waals surface area contributed by atoms with Gasteiger partial charge in [-0.05, 0) is 53.3 Å². The van der Waals surface area contributed by atoms with Gasteiger partial charge in [0.25, 0.3) is 5.91 Å². The Hall–Kier alpha value is -1.81. The average molecular weight is 426 g/mol. The molecule has 0 fully saturated rings. The molecular weight excluding hydrogens is 414 g/mol. The van der Waals surface area contributed by atoms with Crippen molar-refractivity contribution in [2.45, 2.75) is 4.90 Å². The van der Waals surface area contributed by atoms with Gasteiger partial charge in [0.2, 0.25) is 10.0 Å². The molecule has 3 aromatic rings. The Morgan fingerprint density at radius 1 is 1.21 bits per heavy atom. The lowest BCUT2D eigenvalue weighted by molar-refractivity contribution is 0.102. The summed E-state index contributed by atoms with van der Waals surface area (Å²) in [6.45, 7) is 0. The number of hydrogen-bond acceptors (Lipinski definition) is 5. The van der Waals surface area contributed by atoms with E-state index in [4.69, 9.17) is 0 Å². The second-order valence-corrected chi connectivity index (χ2v) is 8.56. The number of nitrogens with zero attached hydrogens (tertiary/aromatic N) is 1. The van der Waals surface area contributed by atoms with Gasteiger partial charge in [0.15, 0.2) is 5.13 Å². The molecule has 1 amide bonds. The highest BCUT2D eigenvalue weighted by Gasteiger charge is 2.15. The van der Waals surface area contributed by atoms with Crippen LogP contribution in [-0.2, 0) is 10.0 Å². The van der Waals surface area contributed by atoms with Crippen LogP contribution in [0.2, 0.25) is 0 Å². The van der Waals surface area contributed by atoms with Gasteiger partial charge in [-0.25, -0.2) is 18.1 Å². The van der Waals surface area contributed by atoms with Crippen LogP contribution in [0.3, 0.4) is 0 Å². The second-order valence-electron chi connectivity index (χ2n) is 4.79. The molecule has 1 heterocycles. The largest absolute Gasteiger partial charge is 0.298 e. The summed E-state index contributed by atoms with van der Waals surface area (Å²) in [5.41, 5.74) is 1.12. The molecule has 0 aliphatic carbocycles. The van der Waals surface area contributed by atoms with Gasteiger partial charge >= 0.3 is 0 Å². The van der Waals surface area contributed by atoms with Crippen LogP contribution in [0.1, 0.15) is 10.4 Å². The summed E-state index contributed by atoms with van der Waals surface area (Å²) in [5, 5.41) is 3.14. The van der Waals surface area contributed by atoms with Crippen LogP contribution < -0.4 is 10.0 Å². The minimum absolute atomic E-state index is 0.157. The number of amides is 1. The van der Waals surface area contributed by atoms with Crippen molar-refractivity contribution in [2.75, 3.05) is 12.4 Å². The number of carbonyl (C=O) groups excluding carboxylic acids is 1. The van der Waals surface area contributed by atoms with Gasteiger partial charge in [-0.1, -0.05) is 23.5 Å². The zero-order chi connectivity index (χ0) is 17.3. The fourth-order valence-electron chi connectivity index (χ4n) is 2.05. The smallest absolute Gasteiger partial charge is 0.258 e. The van der Waals surface area contributed by atoms with E-state index in [2.05, 4.69) is 31.0 Å². The average Bonchev–Trinajstić information content (AvgIpc) is 2.96. The Morgan fingerprint density at radius 2 is 1.96 bits per heavy atom. The highest BCUT2D eigenvalue weighted by Crippen LogP contribution is 2.29. The minimum atomic E-state index is -3.52. The molecule has 0 unspecified atom stereocenters. The second kappa shape index (κ2) is 6.60. The Balaban J connectivity index is 1.91. The summed E-state index contributed by atoms with van der Waals surface area (Å²) in [6, 6.07) is 11.7. The van der Waals surface area contributed by atoms with Crippen LogP contribution in [0.5, 0.6) is 0 Å². The monoisotopic (exact) mass is 425 g/mol. The van der Waals surface area contributed by atoms with E-state index < -0.39 is 10.0 Å². The molecule has 0 atom stereocenters. The summed E-state index contributed by atoms with van der Waals surface area (Å²) in [7, 11) is -2.16. The van der Waals surface area contributed by atoms with E-state index in [0.29, 0.717) is 25.4 Å². The molecule has 0 spiro atoms. The molecule has 6 nitrogen and oxygen atoms in total. The summed E-state index contributed by atoms with van der Waals surface area (Å²) in [6.07, 6.45) is 0. The molecule has 124 valence electrons. The first-order valence-corrected chi connectivity index (χ1v) is 9.90. The predicted molar refractivity (Wildman–Crippen MR) is 98.0 cm³/mol. The van der Waals surface area contributed by atoms with Crippen LogP contribution in [0.25, 0.3) is 10.2 Å². The first-order chi connectivity index (χ1) is 11.4. The summed E-state index contributed by atoms with van der Waals surface area (Å²) in [4.78, 5) is 16.8. The molecule has 0 saturated carbocycles. The quantitative estimate of drug-likeness (QED) is 0.671. The molecule has 9 heteroatoms. The maximum atomic E-state index is 12.3. The highest BCUT2D eigenvalue weighted by molar-refractivity contribution is 9.10. The minimum Gasteiger partial charge on any atom is -0.298 e. The molecule has 0 aliphatic heterocycles. The Bertz CT molecular complexity index is 1030. The fraction of sp³-hybridized carbons (Fsp3) is 0.0667. The highest BCUT2D eigenvalue weighted by atomic mass is 79.9. The normalized spacial score (nSPS) is 11.6. The van der Waals surface area contributed by atoms with Crippen LogP contribution in [0.15, 0.2) is 51.8 Å². The van der Waals surface area contributed by atoms with Crippen molar-refractivity contribution >= 4 is 58.5 Å². The van der Waals surface area contributed by atoms with E-state index in [9.17, 15) is 13.2 Å². The van der Waals surface area contributed by atoms with E-state index in [1.165, 1.54) is 30.5 Å². The Labute approximate surface area is 151 Å². The van der Waals surface area contributed by atoms with Gasteiger partial charge in [0, 0.05) is 4.47 Å². The van der Waals surface area contributed by atoms with Gasteiger partial charge in [0.05, 0.1) is 20.7 Å². The lowest BCUT2D eigenvalue weighted by atomic mass is 10.2. The van der Waals surface area contributed by atoms with Gasteiger partial charge in [-0.3, -0.25) is 10.1 Å². The van der Waals surface area contributed by atoms with Crippen LogP contribution in [0, 0.1) is 0 Å². The van der Waals surface area contributed by atoms with Crippen molar-refractivity contribution in [3.05, 3.63) is 52.5 Å². The van der Waals surface area contributed by atoms with E-state index in [0.717, 1.165) is 0 Å². The lowest BCUT2D eigenvalue weighted by Crippen LogP contribution is -2.18. The maximum absolute atomic E-state index is 12.3. The number of nitrogens with one attached hydrogen (secondary N) is 2. The molecule has 2 N–H and O–H groups in total. The van der Waals surface area contributed by atoms with Gasteiger partial charge < -0.3 is 0 Å². The van der Waals surface area contributed by atoms with Gasteiger partial charge in [0.1, 0.15) is 0 Å². The SMILES string of the molecule is CNS(=O)(=O)c1ccc2nc(NC(=O)c3ccccc3Br)sc2c1. The van der Waals surface area contributed by atoms with E-state index in [-0.39, 0.29) is 10.8 Å². The zero-order valence-electron chi connectivity index (χ0n) is 12.4. The van der Waals surface area contributed by atoms with Crippen molar-refractivity contribution in [2.24, 2.45) is 0 Å². The third-order valence-corrected chi connectivity index (χ3v) is 6.31. The molecule has 24 heavy (non-hydrogen) atoms. The molecule has 0 saturated heterocycles. The molecule has 1 aromatic heterocycles. The fourth-order valence-corrected chi connectivity index (χ4v) is 4.25. The summed E-state index contributed by atoms with van der Waals surface area (Å²) < 4.78 is 27.3. The molecule has 2 aromatic carbocycles. The maximum Gasteiger partial charge on any atom is 0.258 e. The van der Waals surface area contributed by atoms with E-state index >= 15 is 0 Å². The van der Waals surface area contributed by atoms with Gasteiger partial charge in [-0.2, -0.15) is 0 Å². The molecule has 0 bridgehead atoms. The van der Waals surface area contributed by atoms with Crippen molar-refractivity contribution < 1.29 is 13.2 Å². The van der Waals surface area contributed by atoms with Crippen LogP contribution in [0.4, 0.5) is 5.13 Å². The number of benzene rings is 2. The topological polar surface area (TPSA) is 88.2 Å². The number of halogens is 1. The van der Waals surface area contributed by atoms with Crippen molar-refractivity contribution in [1.82, 2.24) is 9.71 Å². The van der Waals surface area contributed by atoms with E-state index in [1.807, 2.05) is 6.07 Å². The van der Waals surface area contributed by atoms with Gasteiger partial charge in [-0.15, -0.1) is 0 Å². The lowest BCUT2D eigenvalue weighted by Gasteiger charge is -2.03. The third-order valence-electron chi connectivity index (χ3n) is 3.28. The number of hydrogen-bond donors (Lipinski definition) is 2. The number of carbonyl (C=O) groups is 1. The number of aromatic nitrogens is 1. The number of anilines is 1. The standard InChI is InChI=1S/C15H12BrN3O3S2/c1-17-24(21,22)9-6-7-12-13(8-9)23-15(18-12)19-14(20)10-4-2-3-5-11(10)16/h2-8,17H,1H3,(H,18,19,20). The summed E-state index contributed by atoms with van der Waals surface area (Å²) in [5.74, 6) is -0.287. The zero-order valence-corrected chi connectivity index (χ0v) is 15.6. The van der Waals surface area contributed by atoms with Crippen LogP contribution in [-0.4, -0.2) is 26.4 Å². The molecular formula is C15H12BrN3O3S2. The number of thiazole rings is 1. The van der Waals surface area contributed by atoms with Crippen molar-refractivity contribution in [3.63, 3.8) is 0 Å². The van der Waals surface area contributed by atoms with E-state index in [1.54, 1.807) is 24.3 Å². The Morgan fingerprint density at radius 3 is 2.67 bits per heavy atom. The third kappa shape index (κ3) is 3.34. The van der Waals surface area contributed by atoms with Crippen LogP contribution >= 0.6 is 27.3 Å². The number of fused-ring (bicyclic) bond motifs is 1. The summed E-state index contributed by atoms with van der Waals surface area (Å²) >= 11 is 4.55. The predicted octanol–water partition coefficient (Wildman–Crippen LogP) is 3.22. The molecule has 3 rings (SSSR count). The first kappa shape index (κ1) is 17.0. The molecule has 0 aliphatic rings. The molecule has 0 radical (unpaired) electrons. The first-order valence-electron chi connectivity index (χ1n) is 6.81. The Kier molecular flexibility index (Phi) is 4.68. The number of sulfonamides is 1. The van der Waals surface area contributed by atoms with Crippen molar-refractivity contribution in [3.8, 4) is 0 Å². The van der Waals surface area contributed by atoms with Crippen molar-refractivity contribution in [1.29, 1.82) is 0 Å². The number of rotatable bonds is 4.